The van der Waals surface area contributed by atoms with E-state index in [1.54, 1.807) is 0 Å². The fourth-order valence-electron chi connectivity index (χ4n) is 1.43. The maximum absolute atomic E-state index is 6.21. The van der Waals surface area contributed by atoms with Crippen molar-refractivity contribution in [3.05, 3.63) is 34.3 Å². The minimum absolute atomic E-state index is 0.0755. The highest BCUT2D eigenvalue weighted by molar-refractivity contribution is 6.31. The normalized spacial score (nSPS) is 14.0. The van der Waals surface area contributed by atoms with Gasteiger partial charge in [0.25, 0.3) is 0 Å². The molecule has 3 heteroatoms. The Balaban J connectivity index is 3.09. The van der Waals surface area contributed by atoms with Crippen LogP contribution in [0.15, 0.2) is 18.2 Å². The van der Waals surface area contributed by atoms with E-state index in [2.05, 4.69) is 32.3 Å². The number of nitrogens with one attached hydrogen (secondary N) is 1. The van der Waals surface area contributed by atoms with E-state index in [1.165, 1.54) is 5.56 Å². The fourth-order valence-corrected chi connectivity index (χ4v) is 1.78. The fraction of sp³-hybridized carbons (Fsp3) is 0.500. The first-order valence-corrected chi connectivity index (χ1v) is 5.50. The molecule has 0 bridgehead atoms. The lowest BCUT2D eigenvalue weighted by Gasteiger charge is -2.21. The van der Waals surface area contributed by atoms with E-state index in [9.17, 15) is 0 Å². The van der Waals surface area contributed by atoms with Gasteiger partial charge in [-0.2, -0.15) is 0 Å². The van der Waals surface area contributed by atoms with E-state index in [0.29, 0.717) is 0 Å². The number of hydrazine groups is 1. The van der Waals surface area contributed by atoms with Gasteiger partial charge in [0.1, 0.15) is 0 Å². The zero-order chi connectivity index (χ0) is 11.6. The molecule has 1 aromatic rings. The van der Waals surface area contributed by atoms with Crippen molar-refractivity contribution in [3.8, 4) is 0 Å². The van der Waals surface area contributed by atoms with Gasteiger partial charge in [-0.1, -0.05) is 44.5 Å². The SMILES string of the molecule is C[C@@H](NN)c1ccc(C(C)(C)C)cc1Cl. The van der Waals surface area contributed by atoms with Crippen LogP contribution in [-0.2, 0) is 5.41 Å². The molecule has 1 aromatic carbocycles. The van der Waals surface area contributed by atoms with Gasteiger partial charge in [-0.25, -0.2) is 0 Å². The average molecular weight is 227 g/mol. The summed E-state index contributed by atoms with van der Waals surface area (Å²) in [6, 6.07) is 6.24. The van der Waals surface area contributed by atoms with Gasteiger partial charge in [0.15, 0.2) is 0 Å². The molecule has 2 nitrogen and oxygen atoms in total. The van der Waals surface area contributed by atoms with Gasteiger partial charge in [-0.15, -0.1) is 0 Å². The molecule has 0 saturated heterocycles. The van der Waals surface area contributed by atoms with Crippen LogP contribution in [0.3, 0.4) is 0 Å². The van der Waals surface area contributed by atoms with Gasteiger partial charge in [0.05, 0.1) is 0 Å². The smallest absolute Gasteiger partial charge is 0.0457 e. The van der Waals surface area contributed by atoms with Gasteiger partial charge in [-0.05, 0) is 29.5 Å². The molecule has 1 atom stereocenters. The number of halogens is 1. The van der Waals surface area contributed by atoms with Crippen LogP contribution in [0.4, 0.5) is 0 Å². The Morgan fingerprint density at radius 3 is 2.33 bits per heavy atom. The predicted octanol–water partition coefficient (Wildman–Crippen LogP) is 3.16. The van der Waals surface area contributed by atoms with E-state index in [1.807, 2.05) is 19.1 Å². The van der Waals surface area contributed by atoms with E-state index in [0.717, 1.165) is 10.6 Å². The van der Waals surface area contributed by atoms with E-state index in [-0.39, 0.29) is 11.5 Å². The molecule has 3 N–H and O–H groups in total. The van der Waals surface area contributed by atoms with Crippen molar-refractivity contribution in [1.82, 2.24) is 5.43 Å². The van der Waals surface area contributed by atoms with E-state index in [4.69, 9.17) is 17.4 Å². The monoisotopic (exact) mass is 226 g/mol. The molecule has 0 radical (unpaired) electrons. The van der Waals surface area contributed by atoms with Gasteiger partial charge >= 0.3 is 0 Å². The van der Waals surface area contributed by atoms with Crippen LogP contribution in [-0.4, -0.2) is 0 Å². The van der Waals surface area contributed by atoms with Crippen LogP contribution in [0.2, 0.25) is 5.02 Å². The van der Waals surface area contributed by atoms with E-state index < -0.39 is 0 Å². The maximum atomic E-state index is 6.21. The lowest BCUT2D eigenvalue weighted by Crippen LogP contribution is -2.26. The molecule has 0 fully saturated rings. The molecule has 0 heterocycles. The Labute approximate surface area is 96.8 Å². The molecule has 0 saturated carbocycles. The second-order valence-electron chi connectivity index (χ2n) is 4.87. The number of hydrogen-bond donors (Lipinski definition) is 2. The van der Waals surface area contributed by atoms with Crippen molar-refractivity contribution in [2.24, 2.45) is 5.84 Å². The summed E-state index contributed by atoms with van der Waals surface area (Å²) in [6.07, 6.45) is 0. The minimum atomic E-state index is 0.0755. The molecular weight excluding hydrogens is 208 g/mol. The molecule has 1 rings (SSSR count). The van der Waals surface area contributed by atoms with Crippen molar-refractivity contribution in [2.45, 2.75) is 39.2 Å². The first kappa shape index (κ1) is 12.5. The van der Waals surface area contributed by atoms with Gasteiger partial charge in [0, 0.05) is 11.1 Å². The maximum Gasteiger partial charge on any atom is 0.0457 e. The van der Waals surface area contributed by atoms with Crippen LogP contribution in [0.25, 0.3) is 0 Å². The van der Waals surface area contributed by atoms with Crippen molar-refractivity contribution < 1.29 is 0 Å². The predicted molar refractivity (Wildman–Crippen MR) is 65.9 cm³/mol. The summed E-state index contributed by atoms with van der Waals surface area (Å²) in [5.41, 5.74) is 5.09. The van der Waals surface area contributed by atoms with Gasteiger partial charge < -0.3 is 0 Å². The highest BCUT2D eigenvalue weighted by atomic mass is 35.5. The van der Waals surface area contributed by atoms with Crippen molar-refractivity contribution in [1.29, 1.82) is 0 Å². The van der Waals surface area contributed by atoms with Crippen LogP contribution >= 0.6 is 11.6 Å². The molecule has 0 spiro atoms. The molecular formula is C12H19ClN2. The molecule has 0 aromatic heterocycles. The summed E-state index contributed by atoms with van der Waals surface area (Å²) in [7, 11) is 0. The number of benzene rings is 1. The summed E-state index contributed by atoms with van der Waals surface area (Å²) >= 11 is 6.21. The Bertz CT molecular complexity index is 342. The van der Waals surface area contributed by atoms with Crippen molar-refractivity contribution in [2.75, 3.05) is 0 Å². The lowest BCUT2D eigenvalue weighted by molar-refractivity contribution is 0.584. The summed E-state index contributed by atoms with van der Waals surface area (Å²) in [5, 5.41) is 0.771. The standard InChI is InChI=1S/C12H19ClN2/c1-8(15-14)10-6-5-9(7-11(10)13)12(2,3)4/h5-8,15H,14H2,1-4H3/t8-/m1/s1. The second-order valence-corrected chi connectivity index (χ2v) is 5.28. The number of rotatable bonds is 2. The molecule has 0 amide bonds. The van der Waals surface area contributed by atoms with Gasteiger partial charge in [-0.3, -0.25) is 11.3 Å². The lowest BCUT2D eigenvalue weighted by atomic mass is 9.86. The van der Waals surface area contributed by atoms with E-state index >= 15 is 0 Å². The number of nitrogens with two attached hydrogens (primary N) is 1. The number of hydrogen-bond acceptors (Lipinski definition) is 2. The Hall–Kier alpha value is -0.570. The third kappa shape index (κ3) is 2.94. The van der Waals surface area contributed by atoms with Gasteiger partial charge in [0.2, 0.25) is 0 Å². The molecule has 0 aliphatic heterocycles. The van der Waals surface area contributed by atoms with Crippen LogP contribution in [0.5, 0.6) is 0 Å². The zero-order valence-corrected chi connectivity index (χ0v) is 10.5. The Morgan fingerprint density at radius 1 is 1.33 bits per heavy atom. The molecule has 0 aliphatic rings. The molecule has 15 heavy (non-hydrogen) atoms. The van der Waals surface area contributed by atoms with Crippen LogP contribution in [0, 0.1) is 0 Å². The molecule has 84 valence electrons. The second kappa shape index (κ2) is 4.52. The molecule has 0 unspecified atom stereocenters. The summed E-state index contributed by atoms with van der Waals surface area (Å²) in [4.78, 5) is 0. The van der Waals surface area contributed by atoms with Crippen LogP contribution in [0.1, 0.15) is 44.9 Å². The highest BCUT2D eigenvalue weighted by Crippen LogP contribution is 2.29. The summed E-state index contributed by atoms with van der Waals surface area (Å²) < 4.78 is 0. The summed E-state index contributed by atoms with van der Waals surface area (Å²) in [5.74, 6) is 5.39. The molecule has 0 aliphatic carbocycles. The largest absolute Gasteiger partial charge is 0.271 e. The third-order valence-corrected chi connectivity index (χ3v) is 2.91. The third-order valence-electron chi connectivity index (χ3n) is 2.58. The van der Waals surface area contributed by atoms with Crippen molar-refractivity contribution in [3.63, 3.8) is 0 Å². The van der Waals surface area contributed by atoms with Crippen molar-refractivity contribution >= 4 is 11.6 Å². The zero-order valence-electron chi connectivity index (χ0n) is 9.76. The minimum Gasteiger partial charge on any atom is -0.271 e. The quantitative estimate of drug-likeness (QED) is 0.601. The van der Waals surface area contributed by atoms with Crippen LogP contribution < -0.4 is 11.3 Å². The first-order valence-electron chi connectivity index (χ1n) is 5.12. The Kier molecular flexibility index (Phi) is 3.77. The highest BCUT2D eigenvalue weighted by Gasteiger charge is 2.16. The topological polar surface area (TPSA) is 38.0 Å². The first-order chi connectivity index (χ1) is 6.86. The Morgan fingerprint density at radius 2 is 1.93 bits per heavy atom. The average Bonchev–Trinajstić information content (AvgIpc) is 2.15. The summed E-state index contributed by atoms with van der Waals surface area (Å²) in [6.45, 7) is 8.49.